The quantitative estimate of drug-likeness (QED) is 0.591. The molecule has 0 saturated heterocycles. The van der Waals surface area contributed by atoms with Gasteiger partial charge in [0.25, 0.3) is 5.91 Å². The predicted octanol–water partition coefficient (Wildman–Crippen LogP) is 1.65. The van der Waals surface area contributed by atoms with E-state index in [9.17, 15) is 9.90 Å². The first kappa shape index (κ1) is 16.7. The summed E-state index contributed by atoms with van der Waals surface area (Å²) in [6.45, 7) is 1.99. The minimum absolute atomic E-state index is 0.0254. The third kappa shape index (κ3) is 2.78. The summed E-state index contributed by atoms with van der Waals surface area (Å²) in [4.78, 5) is 15.5. The lowest BCUT2D eigenvalue weighted by Crippen LogP contribution is -3.08. The number of nitrogens with one attached hydrogen (secondary N) is 3. The highest BCUT2D eigenvalue weighted by Crippen LogP contribution is 2.42. The van der Waals surface area contributed by atoms with Gasteiger partial charge in [-0.1, -0.05) is 15.9 Å². The number of likely N-dealkylation sites (N-methyl/N-ethyl adjacent to an activating group) is 1. The fourth-order valence-electron chi connectivity index (χ4n) is 3.46. The van der Waals surface area contributed by atoms with Crippen LogP contribution in [-0.4, -0.2) is 31.7 Å². The molecule has 132 valence electrons. The number of methoxy groups -OCH3 is 1. The average molecular weight is 425 g/mol. The molecule has 0 radical (unpaired) electrons. The van der Waals surface area contributed by atoms with E-state index in [0.717, 1.165) is 34.5 Å². The highest BCUT2D eigenvalue weighted by molar-refractivity contribution is 9.10. The highest BCUT2D eigenvalue weighted by Gasteiger charge is 2.35. The van der Waals surface area contributed by atoms with Crippen molar-refractivity contribution in [3.05, 3.63) is 38.2 Å². The van der Waals surface area contributed by atoms with Gasteiger partial charge in [-0.05, 0) is 17.7 Å². The minimum atomic E-state index is -0.503. The van der Waals surface area contributed by atoms with Gasteiger partial charge in [-0.3, -0.25) is 4.79 Å². The molecule has 6 nitrogen and oxygen atoms in total. The number of amides is 1. The maximum Gasteiger partial charge on any atom is 0.256 e. The zero-order valence-electron chi connectivity index (χ0n) is 13.9. The van der Waals surface area contributed by atoms with E-state index < -0.39 is 6.17 Å². The Labute approximate surface area is 157 Å². The number of carbonyl (C=O) groups is 1. The number of hydrogen-bond acceptors (Lipinski definition) is 5. The van der Waals surface area contributed by atoms with E-state index in [4.69, 9.17) is 4.74 Å². The second-order valence-corrected chi connectivity index (χ2v) is 8.46. The predicted molar refractivity (Wildman–Crippen MR) is 99.7 cm³/mol. The van der Waals surface area contributed by atoms with Gasteiger partial charge in [0.1, 0.15) is 17.7 Å². The number of rotatable bonds is 2. The van der Waals surface area contributed by atoms with Crippen LogP contribution in [0.5, 0.6) is 11.5 Å². The summed E-state index contributed by atoms with van der Waals surface area (Å²) in [6, 6.07) is 3.48. The molecular formula is C17H19BrN3O3S+. The molecular weight excluding hydrogens is 406 g/mol. The molecule has 3 heterocycles. The maximum atomic E-state index is 12.8. The molecule has 0 spiro atoms. The third-order valence-corrected chi connectivity index (χ3v) is 6.35. The molecule has 2 unspecified atom stereocenters. The topological polar surface area (TPSA) is 75.0 Å². The Balaban J connectivity index is 1.73. The molecule has 4 N–H and O–H groups in total. The van der Waals surface area contributed by atoms with Gasteiger partial charge in [-0.2, -0.15) is 0 Å². The van der Waals surface area contributed by atoms with E-state index in [2.05, 4.69) is 33.6 Å². The highest BCUT2D eigenvalue weighted by atomic mass is 79.9. The summed E-state index contributed by atoms with van der Waals surface area (Å²) in [5.41, 5.74) is 2.51. The molecule has 25 heavy (non-hydrogen) atoms. The Kier molecular flexibility index (Phi) is 4.13. The molecule has 0 aliphatic carbocycles. The maximum absolute atomic E-state index is 12.8. The molecule has 0 saturated carbocycles. The van der Waals surface area contributed by atoms with E-state index in [-0.39, 0.29) is 11.7 Å². The summed E-state index contributed by atoms with van der Waals surface area (Å²) < 4.78 is 5.98. The van der Waals surface area contributed by atoms with Crippen LogP contribution in [-0.2, 0) is 13.0 Å². The van der Waals surface area contributed by atoms with Gasteiger partial charge >= 0.3 is 0 Å². The lowest BCUT2D eigenvalue weighted by atomic mass is 10.0. The fourth-order valence-corrected chi connectivity index (χ4v) is 5.30. The van der Waals surface area contributed by atoms with E-state index in [1.807, 2.05) is 0 Å². The van der Waals surface area contributed by atoms with Crippen LogP contribution in [0.3, 0.4) is 0 Å². The fraction of sp³-hybridized carbons (Fsp3) is 0.353. The standard InChI is InChI=1S/C17H18BrN3O3S/c1-21-4-3-9-12(7-21)25-17-13(9)16(23)19-15(20-17)10-5-8(18)6-11(24-2)14(10)22/h5-6,15,20,22H,3-4,7H2,1-2H3,(H,19,23)/p+1. The first-order valence-electron chi connectivity index (χ1n) is 8.07. The Hall–Kier alpha value is -1.77. The number of thiophene rings is 1. The van der Waals surface area contributed by atoms with E-state index in [1.165, 1.54) is 22.5 Å². The molecule has 0 fully saturated rings. The van der Waals surface area contributed by atoms with Gasteiger partial charge in [0, 0.05) is 16.5 Å². The summed E-state index contributed by atoms with van der Waals surface area (Å²) in [5.74, 6) is 0.300. The summed E-state index contributed by atoms with van der Waals surface area (Å²) in [7, 11) is 3.67. The van der Waals surface area contributed by atoms with Crippen molar-refractivity contribution < 1.29 is 19.5 Å². The van der Waals surface area contributed by atoms with Gasteiger partial charge in [0.15, 0.2) is 11.5 Å². The normalized spacial score (nSPS) is 21.8. The van der Waals surface area contributed by atoms with Gasteiger partial charge in [0.05, 0.1) is 31.1 Å². The van der Waals surface area contributed by atoms with Crippen molar-refractivity contribution in [2.75, 3.05) is 26.0 Å². The first-order valence-corrected chi connectivity index (χ1v) is 9.68. The van der Waals surface area contributed by atoms with Crippen molar-refractivity contribution in [1.82, 2.24) is 5.32 Å². The Morgan fingerprint density at radius 2 is 2.20 bits per heavy atom. The van der Waals surface area contributed by atoms with Crippen LogP contribution in [0, 0.1) is 0 Å². The average Bonchev–Trinajstić information content (AvgIpc) is 2.94. The van der Waals surface area contributed by atoms with Crippen LogP contribution in [0.15, 0.2) is 16.6 Å². The molecule has 8 heteroatoms. The minimum Gasteiger partial charge on any atom is -0.504 e. The second-order valence-electron chi connectivity index (χ2n) is 6.44. The third-order valence-electron chi connectivity index (χ3n) is 4.73. The van der Waals surface area contributed by atoms with Crippen molar-refractivity contribution in [2.45, 2.75) is 19.1 Å². The number of quaternary nitrogens is 1. The monoisotopic (exact) mass is 424 g/mol. The zero-order valence-corrected chi connectivity index (χ0v) is 16.3. The Bertz CT molecular complexity index is 867. The lowest BCUT2D eigenvalue weighted by molar-refractivity contribution is -0.895. The van der Waals surface area contributed by atoms with Crippen LogP contribution >= 0.6 is 27.3 Å². The van der Waals surface area contributed by atoms with Crippen LogP contribution in [0.25, 0.3) is 0 Å². The number of phenols is 1. The number of hydrogen-bond donors (Lipinski definition) is 4. The number of ether oxygens (including phenoxy) is 1. The number of aromatic hydroxyl groups is 1. The molecule has 2 aromatic rings. The molecule has 1 aromatic heterocycles. The summed E-state index contributed by atoms with van der Waals surface area (Å²) in [5, 5.41) is 17.7. The summed E-state index contributed by atoms with van der Waals surface area (Å²) >= 11 is 5.07. The Morgan fingerprint density at radius 1 is 1.40 bits per heavy atom. The number of carbonyl (C=O) groups excluding carboxylic acids is 1. The van der Waals surface area contributed by atoms with Crippen LogP contribution in [0.1, 0.15) is 32.5 Å². The zero-order chi connectivity index (χ0) is 17.7. The van der Waals surface area contributed by atoms with E-state index in [0.29, 0.717) is 11.3 Å². The number of halogens is 1. The van der Waals surface area contributed by atoms with Crippen molar-refractivity contribution in [3.8, 4) is 11.5 Å². The molecule has 1 aromatic carbocycles. The smallest absolute Gasteiger partial charge is 0.256 e. The molecule has 4 rings (SSSR count). The Morgan fingerprint density at radius 3 is 2.96 bits per heavy atom. The molecule has 2 aliphatic rings. The molecule has 2 atom stereocenters. The van der Waals surface area contributed by atoms with Crippen molar-refractivity contribution in [3.63, 3.8) is 0 Å². The SMILES string of the molecule is COc1cc(Br)cc(C2NC(=O)c3c(sc4c3CC[NH+](C)C4)N2)c1O. The molecule has 1 amide bonds. The molecule has 2 aliphatic heterocycles. The van der Waals surface area contributed by atoms with Crippen molar-refractivity contribution in [2.24, 2.45) is 0 Å². The van der Waals surface area contributed by atoms with Gasteiger partial charge in [-0.25, -0.2) is 0 Å². The van der Waals surface area contributed by atoms with Gasteiger partial charge in [-0.15, -0.1) is 11.3 Å². The van der Waals surface area contributed by atoms with Crippen LogP contribution in [0.2, 0.25) is 0 Å². The van der Waals surface area contributed by atoms with Crippen LogP contribution < -0.4 is 20.3 Å². The summed E-state index contributed by atoms with van der Waals surface area (Å²) in [6.07, 6.45) is 0.416. The molecule has 0 bridgehead atoms. The number of fused-ring (bicyclic) bond motifs is 3. The van der Waals surface area contributed by atoms with E-state index >= 15 is 0 Å². The second kappa shape index (κ2) is 6.19. The number of phenolic OH excluding ortho intramolecular Hbond substituents is 1. The van der Waals surface area contributed by atoms with Gasteiger partial charge < -0.3 is 25.4 Å². The number of benzene rings is 1. The number of anilines is 1. The largest absolute Gasteiger partial charge is 0.504 e. The van der Waals surface area contributed by atoms with E-state index in [1.54, 1.807) is 23.5 Å². The van der Waals surface area contributed by atoms with Crippen molar-refractivity contribution in [1.29, 1.82) is 0 Å². The first-order chi connectivity index (χ1) is 12.0. The van der Waals surface area contributed by atoms with Crippen LogP contribution in [0.4, 0.5) is 5.00 Å². The lowest BCUT2D eigenvalue weighted by Gasteiger charge is -2.28. The van der Waals surface area contributed by atoms with Crippen molar-refractivity contribution >= 4 is 38.2 Å². The van der Waals surface area contributed by atoms with Gasteiger partial charge in [0.2, 0.25) is 0 Å².